The first kappa shape index (κ1) is 17.1. The lowest BCUT2D eigenvalue weighted by molar-refractivity contribution is 0.381. The van der Waals surface area contributed by atoms with Crippen molar-refractivity contribution in [2.24, 2.45) is 5.73 Å². The molecule has 0 saturated carbocycles. The van der Waals surface area contributed by atoms with Crippen molar-refractivity contribution >= 4 is 16.4 Å². The highest BCUT2D eigenvalue weighted by Gasteiger charge is 2.01. The van der Waals surface area contributed by atoms with E-state index in [1.165, 1.54) is 6.20 Å². The molecule has 1 heterocycles. The molecule has 110 valence electrons. The predicted molar refractivity (Wildman–Crippen MR) is 66.1 cm³/mol. The Morgan fingerprint density at radius 2 is 2.05 bits per heavy atom. The van der Waals surface area contributed by atoms with E-state index in [0.29, 0.717) is 25.3 Å². The van der Waals surface area contributed by atoms with E-state index in [1.54, 1.807) is 0 Å². The van der Waals surface area contributed by atoms with Crippen molar-refractivity contribution in [1.82, 2.24) is 20.8 Å². The van der Waals surface area contributed by atoms with Gasteiger partial charge in [-0.25, -0.2) is 0 Å². The van der Waals surface area contributed by atoms with Gasteiger partial charge in [0.2, 0.25) is 0 Å². The number of aromatic nitrogens is 2. The molecule has 19 heavy (non-hydrogen) atoms. The summed E-state index contributed by atoms with van der Waals surface area (Å²) in [6.45, 7) is 1.70. The second-order valence-corrected chi connectivity index (χ2v) is 4.08. The minimum Gasteiger partial charge on any atom is -0.504 e. The quantitative estimate of drug-likeness (QED) is 0.131. The molecule has 1 aromatic rings. The topological polar surface area (TPSA) is 197 Å². The van der Waals surface area contributed by atoms with Gasteiger partial charge in [0.05, 0.1) is 6.20 Å². The zero-order valence-corrected chi connectivity index (χ0v) is 10.6. The Kier molecular flexibility index (Phi) is 7.43. The summed E-state index contributed by atoms with van der Waals surface area (Å²) >= 11 is 0. The molecule has 1 rings (SSSR count). The molecule has 11 nitrogen and oxygen atoms in total. The van der Waals surface area contributed by atoms with E-state index in [-0.39, 0.29) is 11.7 Å². The monoisotopic (exact) mass is 296 g/mol. The molecular formula is C7H16N6O5S. The molecule has 0 amide bonds. The van der Waals surface area contributed by atoms with Crippen LogP contribution < -0.4 is 16.4 Å². The smallest absolute Gasteiger partial charge is 0.394 e. The molecule has 0 aliphatic heterocycles. The molecule has 12 heteroatoms. The molecule has 0 bridgehead atoms. The molecule has 0 spiro atoms. The highest BCUT2D eigenvalue weighted by Crippen LogP contribution is 2.10. The van der Waals surface area contributed by atoms with Crippen LogP contribution in [0.25, 0.3) is 0 Å². The minimum atomic E-state index is -4.67. The zero-order valence-electron chi connectivity index (χ0n) is 9.79. The van der Waals surface area contributed by atoms with E-state index >= 15 is 0 Å². The maximum atomic E-state index is 9.19. The lowest BCUT2D eigenvalue weighted by atomic mass is 10.4. The minimum absolute atomic E-state index is 0.0468. The number of nitrogens with two attached hydrogens (primary N) is 1. The Morgan fingerprint density at radius 1 is 1.47 bits per heavy atom. The Hall–Kier alpha value is -1.89. The predicted octanol–water partition coefficient (Wildman–Crippen LogP) is -1.96. The van der Waals surface area contributed by atoms with Gasteiger partial charge in [-0.05, 0) is 0 Å². The van der Waals surface area contributed by atoms with E-state index in [9.17, 15) is 5.11 Å². The molecule has 0 aliphatic carbocycles. The number of hydrogen-bond acceptors (Lipinski definition) is 6. The summed E-state index contributed by atoms with van der Waals surface area (Å²) in [6.07, 6.45) is 1.42. The van der Waals surface area contributed by atoms with Crippen molar-refractivity contribution in [3.05, 3.63) is 11.9 Å². The van der Waals surface area contributed by atoms with E-state index in [2.05, 4.69) is 20.8 Å². The standard InChI is InChI=1S/C7H14N6O.H2O4S/c8-7(9)11-2-1-10-3-5-6(14)4-12-13-5;1-5(2,3)4/h4,10,14H,1-3H2,(H,12,13)(H4,8,9,11);(H2,1,2,3,4). The van der Waals surface area contributed by atoms with Gasteiger partial charge in [-0.2, -0.15) is 13.5 Å². The summed E-state index contributed by atoms with van der Waals surface area (Å²) in [5.41, 5.74) is 5.66. The number of aromatic amines is 1. The Labute approximate surface area is 109 Å². The molecular weight excluding hydrogens is 280 g/mol. The summed E-state index contributed by atoms with van der Waals surface area (Å²) in [5, 5.41) is 28.1. The summed E-state index contributed by atoms with van der Waals surface area (Å²) in [6, 6.07) is 0. The van der Waals surface area contributed by atoms with Crippen molar-refractivity contribution in [2.45, 2.75) is 6.54 Å². The van der Waals surface area contributed by atoms with Gasteiger partial charge in [0.25, 0.3) is 0 Å². The zero-order chi connectivity index (χ0) is 14.9. The molecule has 0 aromatic carbocycles. The van der Waals surface area contributed by atoms with Crippen LogP contribution in [0.1, 0.15) is 5.69 Å². The van der Waals surface area contributed by atoms with Gasteiger partial charge in [0, 0.05) is 19.6 Å². The largest absolute Gasteiger partial charge is 0.504 e. The number of aromatic hydroxyl groups is 1. The van der Waals surface area contributed by atoms with E-state index < -0.39 is 10.4 Å². The Bertz CT molecular complexity index is 478. The van der Waals surface area contributed by atoms with Gasteiger partial charge >= 0.3 is 10.4 Å². The van der Waals surface area contributed by atoms with Crippen LogP contribution in [-0.2, 0) is 16.9 Å². The summed E-state index contributed by atoms with van der Waals surface area (Å²) in [7, 11) is -4.67. The molecule has 1 aromatic heterocycles. The summed E-state index contributed by atoms with van der Waals surface area (Å²) in [5.74, 6) is 0.103. The van der Waals surface area contributed by atoms with Crippen LogP contribution in [0.4, 0.5) is 0 Å². The lowest BCUT2D eigenvalue weighted by Gasteiger charge is -2.04. The first-order valence-electron chi connectivity index (χ1n) is 4.90. The van der Waals surface area contributed by atoms with E-state index in [0.717, 1.165) is 0 Å². The summed E-state index contributed by atoms with van der Waals surface area (Å²) in [4.78, 5) is 0. The Balaban J connectivity index is 0.000000555. The van der Waals surface area contributed by atoms with Crippen molar-refractivity contribution in [3.63, 3.8) is 0 Å². The maximum absolute atomic E-state index is 9.19. The molecule has 0 aliphatic rings. The van der Waals surface area contributed by atoms with Gasteiger partial charge < -0.3 is 21.5 Å². The van der Waals surface area contributed by atoms with Gasteiger partial charge in [-0.3, -0.25) is 19.6 Å². The second kappa shape index (κ2) is 8.25. The number of nitrogens with one attached hydrogen (secondary N) is 4. The van der Waals surface area contributed by atoms with E-state index in [1.807, 2.05) is 0 Å². The van der Waals surface area contributed by atoms with Gasteiger partial charge in [0.15, 0.2) is 11.7 Å². The number of guanidine groups is 1. The van der Waals surface area contributed by atoms with Crippen LogP contribution in [0.2, 0.25) is 0 Å². The maximum Gasteiger partial charge on any atom is 0.394 e. The van der Waals surface area contributed by atoms with Crippen LogP contribution in [0, 0.1) is 5.41 Å². The lowest BCUT2D eigenvalue weighted by Crippen LogP contribution is -2.35. The van der Waals surface area contributed by atoms with E-state index in [4.69, 9.17) is 28.7 Å². The third-order valence-corrected chi connectivity index (χ3v) is 1.61. The number of hydrogen-bond donors (Lipinski definition) is 8. The fraction of sp³-hybridized carbons (Fsp3) is 0.429. The van der Waals surface area contributed by atoms with Crippen molar-refractivity contribution < 1.29 is 22.6 Å². The number of H-pyrrole nitrogens is 1. The first-order valence-corrected chi connectivity index (χ1v) is 6.30. The fourth-order valence-corrected chi connectivity index (χ4v) is 0.934. The average Bonchev–Trinajstić information content (AvgIpc) is 2.61. The van der Waals surface area contributed by atoms with Crippen molar-refractivity contribution in [1.29, 1.82) is 5.41 Å². The summed E-state index contributed by atoms with van der Waals surface area (Å²) < 4.78 is 31.6. The van der Waals surface area contributed by atoms with Crippen LogP contribution >= 0.6 is 0 Å². The SMILES string of the molecule is N=C(N)NCCNCc1n[nH]cc1O.O=S(=O)(O)O. The van der Waals surface area contributed by atoms with Gasteiger partial charge in [-0.1, -0.05) is 0 Å². The van der Waals surface area contributed by atoms with Gasteiger partial charge in [0.1, 0.15) is 5.69 Å². The second-order valence-electron chi connectivity index (χ2n) is 3.18. The number of rotatable bonds is 5. The van der Waals surface area contributed by atoms with Gasteiger partial charge in [-0.15, -0.1) is 0 Å². The fourth-order valence-electron chi connectivity index (χ4n) is 0.934. The molecule has 0 fully saturated rings. The molecule has 0 radical (unpaired) electrons. The molecule has 0 atom stereocenters. The van der Waals surface area contributed by atoms with Crippen molar-refractivity contribution in [2.75, 3.05) is 13.1 Å². The van der Waals surface area contributed by atoms with Crippen molar-refractivity contribution in [3.8, 4) is 5.75 Å². The molecule has 0 saturated heterocycles. The highest BCUT2D eigenvalue weighted by atomic mass is 32.3. The average molecular weight is 296 g/mol. The third-order valence-electron chi connectivity index (χ3n) is 1.61. The normalized spacial score (nSPS) is 10.4. The number of nitrogens with zero attached hydrogens (tertiary/aromatic N) is 1. The Morgan fingerprint density at radius 3 is 2.47 bits per heavy atom. The first-order chi connectivity index (χ1) is 8.70. The highest BCUT2D eigenvalue weighted by molar-refractivity contribution is 7.79. The third kappa shape index (κ3) is 12.4. The van der Waals surface area contributed by atoms with Crippen LogP contribution in [0.5, 0.6) is 5.75 Å². The van der Waals surface area contributed by atoms with Crippen LogP contribution in [0.3, 0.4) is 0 Å². The molecule has 0 unspecified atom stereocenters. The van der Waals surface area contributed by atoms with Crippen LogP contribution in [-0.4, -0.2) is 51.9 Å². The van der Waals surface area contributed by atoms with Crippen LogP contribution in [0.15, 0.2) is 6.20 Å². The molecule has 9 N–H and O–H groups in total.